The third-order valence-electron chi connectivity index (χ3n) is 3.19. The molecule has 0 spiro atoms. The van der Waals surface area contributed by atoms with Crippen molar-refractivity contribution in [3.63, 3.8) is 0 Å². The summed E-state index contributed by atoms with van der Waals surface area (Å²) < 4.78 is 50.2. The second kappa shape index (κ2) is 9.62. The second-order valence-electron chi connectivity index (χ2n) is 5.32. The Morgan fingerprint density at radius 3 is 1.79 bits per heavy atom. The predicted molar refractivity (Wildman–Crippen MR) is 116 cm³/mol. The third kappa shape index (κ3) is 7.33. The number of rotatable bonds is 5. The van der Waals surface area contributed by atoms with Crippen molar-refractivity contribution >= 4 is 63.6 Å². The van der Waals surface area contributed by atoms with Gasteiger partial charge in [0.2, 0.25) is 1.68 Å². The molecule has 0 aromatic heterocycles. The van der Waals surface area contributed by atoms with Gasteiger partial charge >= 0.3 is 12.2 Å². The van der Waals surface area contributed by atoms with E-state index < -0.39 is 19.5 Å². The Morgan fingerprint density at radius 1 is 0.857 bits per heavy atom. The molecule has 2 aromatic carbocycles. The number of carbonyl (C=O) groups is 1. The van der Waals surface area contributed by atoms with Crippen LogP contribution in [0.4, 0.5) is 22.4 Å². The minimum absolute atomic E-state index is 0.169. The molecule has 0 atom stereocenters. The van der Waals surface area contributed by atoms with Crippen LogP contribution in [0, 0.1) is 0 Å². The van der Waals surface area contributed by atoms with Crippen LogP contribution in [0.2, 0.25) is 0 Å². The summed E-state index contributed by atoms with van der Waals surface area (Å²) in [6, 6.07) is 10.2. The van der Waals surface area contributed by atoms with E-state index in [2.05, 4.69) is 21.1 Å². The zero-order valence-corrected chi connectivity index (χ0v) is 18.2. The maximum Gasteiger partial charge on any atom is 0.416 e. The van der Waals surface area contributed by atoms with Gasteiger partial charge < -0.3 is 0 Å². The predicted octanol–water partition coefficient (Wildman–Crippen LogP) is 5.32. The molecular formula is C17H12F4I2N4O. The zero-order valence-electron chi connectivity index (χ0n) is 13.8. The number of hydrogen-bond acceptors (Lipinski definition) is 3. The van der Waals surface area contributed by atoms with Crippen LogP contribution in [0.3, 0.4) is 0 Å². The van der Waals surface area contributed by atoms with Crippen molar-refractivity contribution in [3.05, 3.63) is 70.8 Å². The lowest BCUT2D eigenvalue weighted by Crippen LogP contribution is -2.28. The van der Waals surface area contributed by atoms with Gasteiger partial charge in [-0.3, -0.25) is 0 Å². The van der Waals surface area contributed by atoms with Crippen molar-refractivity contribution in [1.82, 2.24) is 10.9 Å². The van der Waals surface area contributed by atoms with Crippen LogP contribution in [0.5, 0.6) is 0 Å². The van der Waals surface area contributed by atoms with Gasteiger partial charge in [0.15, 0.2) is 0 Å². The molecule has 0 saturated carbocycles. The van der Waals surface area contributed by atoms with Crippen molar-refractivity contribution in [2.45, 2.75) is 7.86 Å². The molecule has 0 bridgehead atoms. The topological polar surface area (TPSA) is 65.8 Å². The van der Waals surface area contributed by atoms with E-state index in [4.69, 9.17) is 0 Å². The van der Waals surface area contributed by atoms with Gasteiger partial charge in [-0.1, -0.05) is 30.3 Å². The quantitative estimate of drug-likeness (QED) is 0.154. The first kappa shape index (κ1) is 22.5. The van der Waals surface area contributed by atoms with Gasteiger partial charge in [-0.15, -0.1) is 0 Å². The highest BCUT2D eigenvalue weighted by atomic mass is 127. The molecule has 11 heteroatoms. The standard InChI is InChI=1S/C17H12F4I2N4O/c18-16(19,20)13-5-1-3-11(7-13)9-24-26-15(28)27-25-10-12-4-2-6-14(8-12)17(21,22)23/h1-10H,(H2,26,27,28)/b24-9+,25-10+. The van der Waals surface area contributed by atoms with Crippen LogP contribution in [0.25, 0.3) is 0 Å². The molecule has 2 N–H and O–H groups in total. The highest BCUT2D eigenvalue weighted by molar-refractivity contribution is 14.2. The van der Waals surface area contributed by atoms with E-state index in [1.54, 1.807) is 69.4 Å². The SMILES string of the molecule is O=C(N/N=C/c1cccc(C(F)(F)F)c1)N/N=C/c1cccc(C(F)(I)I)c1. The molecule has 0 aliphatic rings. The molecule has 0 unspecified atom stereocenters. The van der Waals surface area contributed by atoms with Gasteiger partial charge in [0.05, 0.1) is 18.0 Å². The lowest BCUT2D eigenvalue weighted by molar-refractivity contribution is -0.137. The van der Waals surface area contributed by atoms with Gasteiger partial charge in [-0.2, -0.15) is 23.4 Å². The second-order valence-corrected chi connectivity index (χ2v) is 10.4. The summed E-state index contributed by atoms with van der Waals surface area (Å²) in [5, 5.41) is 7.26. The van der Waals surface area contributed by atoms with E-state index in [9.17, 15) is 22.4 Å². The molecule has 2 amide bonds. The van der Waals surface area contributed by atoms with Crippen molar-refractivity contribution < 1.29 is 22.4 Å². The van der Waals surface area contributed by atoms with E-state index in [0.717, 1.165) is 18.3 Å². The molecule has 0 aliphatic heterocycles. The molecule has 5 nitrogen and oxygen atoms in total. The van der Waals surface area contributed by atoms with Crippen LogP contribution in [0.15, 0.2) is 58.7 Å². The minimum Gasteiger partial charge on any atom is -0.245 e. The number of carbonyl (C=O) groups excluding carboxylic acids is 1. The van der Waals surface area contributed by atoms with Crippen LogP contribution >= 0.6 is 45.2 Å². The van der Waals surface area contributed by atoms with Crippen LogP contribution in [0.1, 0.15) is 22.3 Å². The van der Waals surface area contributed by atoms with Crippen LogP contribution in [-0.2, 0) is 7.86 Å². The smallest absolute Gasteiger partial charge is 0.245 e. The fraction of sp³-hybridized carbons (Fsp3) is 0.118. The number of nitrogens with zero attached hydrogens (tertiary/aromatic N) is 2. The lowest BCUT2D eigenvalue weighted by Gasteiger charge is -2.10. The molecule has 2 rings (SSSR count). The van der Waals surface area contributed by atoms with Crippen molar-refractivity contribution in [3.8, 4) is 0 Å². The molecule has 0 heterocycles. The Kier molecular flexibility index (Phi) is 7.74. The number of amides is 2. The maximum atomic E-state index is 13.9. The summed E-state index contributed by atoms with van der Waals surface area (Å²) in [4.78, 5) is 11.6. The average Bonchev–Trinajstić information content (AvgIpc) is 2.61. The van der Waals surface area contributed by atoms with Gasteiger partial charge in [0, 0.05) is 5.56 Å². The maximum absolute atomic E-state index is 13.9. The van der Waals surface area contributed by atoms with E-state index >= 15 is 0 Å². The molecule has 0 radical (unpaired) electrons. The Labute approximate surface area is 184 Å². The Hall–Kier alpha value is -1.77. The van der Waals surface area contributed by atoms with E-state index in [1.807, 2.05) is 0 Å². The van der Waals surface area contributed by atoms with Gasteiger partial charge in [0.25, 0.3) is 0 Å². The number of benzene rings is 2. The zero-order chi connectivity index (χ0) is 20.8. The molecule has 28 heavy (non-hydrogen) atoms. The Bertz CT molecular complexity index is 824. The molecule has 2 aromatic rings. The first-order valence-corrected chi connectivity index (χ1v) is 9.68. The number of halogens is 6. The minimum atomic E-state index is -4.46. The number of hydrogen-bond donors (Lipinski definition) is 2. The van der Waals surface area contributed by atoms with Gasteiger partial charge in [-0.25, -0.2) is 20.0 Å². The largest absolute Gasteiger partial charge is 0.416 e. The third-order valence-corrected chi connectivity index (χ3v) is 4.43. The fourth-order valence-electron chi connectivity index (χ4n) is 1.95. The molecule has 148 valence electrons. The number of alkyl halides is 6. The summed E-state index contributed by atoms with van der Waals surface area (Å²) in [5.74, 6) is 0. The first-order valence-electron chi connectivity index (χ1n) is 7.52. The van der Waals surface area contributed by atoms with Gasteiger partial charge in [0.1, 0.15) is 0 Å². The first-order chi connectivity index (χ1) is 13.1. The van der Waals surface area contributed by atoms with E-state index in [1.165, 1.54) is 18.3 Å². The van der Waals surface area contributed by atoms with Crippen LogP contribution in [-0.4, -0.2) is 18.5 Å². The van der Waals surface area contributed by atoms with E-state index in [-0.39, 0.29) is 5.56 Å². The average molecular weight is 618 g/mol. The molecule has 0 aliphatic carbocycles. The highest BCUT2D eigenvalue weighted by Gasteiger charge is 2.30. The Balaban J connectivity index is 1.90. The molecule has 0 fully saturated rings. The Morgan fingerprint density at radius 2 is 1.32 bits per heavy atom. The van der Waals surface area contributed by atoms with Crippen molar-refractivity contribution in [1.29, 1.82) is 0 Å². The number of nitrogens with one attached hydrogen (secondary N) is 2. The lowest BCUT2D eigenvalue weighted by atomic mass is 10.1. The van der Waals surface area contributed by atoms with Gasteiger partial charge in [-0.05, 0) is 74.5 Å². The highest BCUT2D eigenvalue weighted by Crippen LogP contribution is 2.40. The fourth-order valence-corrected chi connectivity index (χ4v) is 2.62. The van der Waals surface area contributed by atoms with Crippen LogP contribution < -0.4 is 10.9 Å². The summed E-state index contributed by atoms with van der Waals surface area (Å²) in [5.41, 5.74) is 4.57. The normalized spacial score (nSPS) is 12.5. The van der Waals surface area contributed by atoms with E-state index in [0.29, 0.717) is 11.1 Å². The summed E-state index contributed by atoms with van der Waals surface area (Å²) in [6.45, 7) is 0. The summed E-state index contributed by atoms with van der Waals surface area (Å²) in [6.07, 6.45) is -2.07. The monoisotopic (exact) mass is 618 g/mol. The number of hydrazone groups is 2. The summed E-state index contributed by atoms with van der Waals surface area (Å²) >= 11 is 3.30. The summed E-state index contributed by atoms with van der Waals surface area (Å²) in [7, 11) is 0. The molecular weight excluding hydrogens is 606 g/mol. The van der Waals surface area contributed by atoms with Crippen molar-refractivity contribution in [2.24, 2.45) is 10.2 Å². The van der Waals surface area contributed by atoms with Crippen molar-refractivity contribution in [2.75, 3.05) is 0 Å². The molecule has 0 saturated heterocycles. The number of urea groups is 1.